The molecular weight excluding hydrogens is 214 g/mol. The van der Waals surface area contributed by atoms with Crippen molar-refractivity contribution in [2.24, 2.45) is 5.92 Å². The molecule has 1 aromatic rings. The van der Waals surface area contributed by atoms with E-state index in [4.69, 9.17) is 0 Å². The van der Waals surface area contributed by atoms with Gasteiger partial charge in [0.2, 0.25) is 0 Å². The van der Waals surface area contributed by atoms with Crippen molar-refractivity contribution in [1.82, 2.24) is 5.32 Å². The Morgan fingerprint density at radius 1 is 1.25 bits per heavy atom. The maximum absolute atomic E-state index is 3.69. The van der Waals surface area contributed by atoms with Crippen molar-refractivity contribution < 1.29 is 0 Å². The van der Waals surface area contributed by atoms with E-state index < -0.39 is 0 Å². The lowest BCUT2D eigenvalue weighted by atomic mass is 9.99. The fourth-order valence-electron chi connectivity index (χ4n) is 2.11. The van der Waals surface area contributed by atoms with Gasteiger partial charge < -0.3 is 5.32 Å². The van der Waals surface area contributed by atoms with Crippen LogP contribution in [0.4, 0.5) is 0 Å². The molecule has 3 atom stereocenters. The number of rotatable bonds is 7. The highest BCUT2D eigenvalue weighted by Gasteiger charge is 2.11. The number of nitrogens with one attached hydrogen (secondary N) is 1. The van der Waals surface area contributed by atoms with Gasteiger partial charge in [0.25, 0.3) is 0 Å². The Hall–Kier alpha value is -0.340. The third-order valence-corrected chi connectivity index (χ3v) is 4.01. The van der Waals surface area contributed by atoms with Crippen LogP contribution >= 0.6 is 11.3 Å². The van der Waals surface area contributed by atoms with Crippen LogP contribution < -0.4 is 5.32 Å². The molecule has 1 N–H and O–H groups in total. The van der Waals surface area contributed by atoms with Crippen molar-refractivity contribution in [3.05, 3.63) is 22.4 Å². The van der Waals surface area contributed by atoms with E-state index in [-0.39, 0.29) is 0 Å². The summed E-state index contributed by atoms with van der Waals surface area (Å²) >= 11 is 1.86. The zero-order valence-corrected chi connectivity index (χ0v) is 11.8. The van der Waals surface area contributed by atoms with E-state index in [9.17, 15) is 0 Å². The van der Waals surface area contributed by atoms with Crippen LogP contribution in [-0.4, -0.2) is 12.1 Å². The van der Waals surface area contributed by atoms with Gasteiger partial charge in [-0.1, -0.05) is 26.3 Å². The first-order valence-corrected chi connectivity index (χ1v) is 7.28. The van der Waals surface area contributed by atoms with Crippen LogP contribution in [0.5, 0.6) is 0 Å². The standard InChI is InChI=1S/C14H25NS/c1-5-11(2)9-12(3)15-13(4)10-14-7-6-8-16-14/h6-8,11-13,15H,5,9-10H2,1-4H3. The SMILES string of the molecule is CCC(C)CC(C)NC(C)Cc1cccs1. The van der Waals surface area contributed by atoms with E-state index >= 15 is 0 Å². The molecule has 0 amide bonds. The van der Waals surface area contributed by atoms with Crippen molar-refractivity contribution in [1.29, 1.82) is 0 Å². The fourth-order valence-corrected chi connectivity index (χ4v) is 2.95. The summed E-state index contributed by atoms with van der Waals surface area (Å²) in [6.07, 6.45) is 3.72. The second-order valence-electron chi connectivity index (χ2n) is 5.00. The summed E-state index contributed by atoms with van der Waals surface area (Å²) in [5.74, 6) is 0.830. The van der Waals surface area contributed by atoms with Crippen molar-refractivity contribution >= 4 is 11.3 Å². The van der Waals surface area contributed by atoms with Gasteiger partial charge in [-0.25, -0.2) is 0 Å². The van der Waals surface area contributed by atoms with Gasteiger partial charge in [0, 0.05) is 17.0 Å². The molecule has 1 rings (SSSR count). The lowest BCUT2D eigenvalue weighted by Gasteiger charge is -2.22. The maximum Gasteiger partial charge on any atom is 0.00894 e. The minimum atomic E-state index is 0.581. The third kappa shape index (κ3) is 5.13. The fraction of sp³-hybridized carbons (Fsp3) is 0.714. The number of hydrogen-bond donors (Lipinski definition) is 1. The largest absolute Gasteiger partial charge is 0.311 e. The molecule has 0 aliphatic rings. The summed E-state index contributed by atoms with van der Waals surface area (Å²) < 4.78 is 0. The van der Waals surface area contributed by atoms with E-state index in [0.29, 0.717) is 12.1 Å². The third-order valence-electron chi connectivity index (χ3n) is 3.11. The Morgan fingerprint density at radius 3 is 2.56 bits per heavy atom. The van der Waals surface area contributed by atoms with Crippen LogP contribution in [0.1, 0.15) is 45.4 Å². The van der Waals surface area contributed by atoms with Gasteiger partial charge in [0.15, 0.2) is 0 Å². The highest BCUT2D eigenvalue weighted by atomic mass is 32.1. The Labute approximate surface area is 104 Å². The first kappa shape index (κ1) is 13.7. The molecule has 1 heterocycles. The molecule has 0 bridgehead atoms. The molecule has 0 aliphatic carbocycles. The first-order chi connectivity index (χ1) is 7.61. The Bertz CT molecular complexity index is 268. The zero-order valence-electron chi connectivity index (χ0n) is 11.0. The van der Waals surface area contributed by atoms with E-state index in [1.165, 1.54) is 17.7 Å². The Kier molecular flexibility index (Phi) is 6.07. The molecule has 3 unspecified atom stereocenters. The Balaban J connectivity index is 2.25. The predicted molar refractivity (Wildman–Crippen MR) is 74.2 cm³/mol. The Morgan fingerprint density at radius 2 is 2.00 bits per heavy atom. The van der Waals surface area contributed by atoms with Gasteiger partial charge in [-0.15, -0.1) is 11.3 Å². The number of thiophene rings is 1. The van der Waals surface area contributed by atoms with Crippen LogP contribution in [-0.2, 0) is 6.42 Å². The van der Waals surface area contributed by atoms with Crippen LogP contribution in [0.2, 0.25) is 0 Å². The lowest BCUT2D eigenvalue weighted by Crippen LogP contribution is -2.36. The molecule has 1 nitrogen and oxygen atoms in total. The summed E-state index contributed by atoms with van der Waals surface area (Å²) in [5.41, 5.74) is 0. The summed E-state index contributed by atoms with van der Waals surface area (Å²) in [4.78, 5) is 1.48. The van der Waals surface area contributed by atoms with Gasteiger partial charge in [-0.3, -0.25) is 0 Å². The lowest BCUT2D eigenvalue weighted by molar-refractivity contribution is 0.381. The van der Waals surface area contributed by atoms with Crippen molar-refractivity contribution in [2.45, 2.75) is 59.0 Å². The molecule has 0 saturated carbocycles. The van der Waals surface area contributed by atoms with Crippen molar-refractivity contribution in [3.63, 3.8) is 0 Å². The monoisotopic (exact) mass is 239 g/mol. The summed E-state index contributed by atoms with van der Waals surface area (Å²) in [5, 5.41) is 5.85. The second-order valence-corrected chi connectivity index (χ2v) is 6.03. The molecule has 0 spiro atoms. The minimum absolute atomic E-state index is 0.581. The smallest absolute Gasteiger partial charge is 0.00894 e. The highest BCUT2D eigenvalue weighted by Crippen LogP contribution is 2.13. The van der Waals surface area contributed by atoms with Crippen molar-refractivity contribution in [3.8, 4) is 0 Å². The molecule has 2 heteroatoms. The van der Waals surface area contributed by atoms with Gasteiger partial charge >= 0.3 is 0 Å². The van der Waals surface area contributed by atoms with E-state index in [1.807, 2.05) is 11.3 Å². The zero-order chi connectivity index (χ0) is 12.0. The van der Waals surface area contributed by atoms with Crippen LogP contribution in [0, 0.1) is 5.92 Å². The molecule has 0 fully saturated rings. The normalized spacial score (nSPS) is 17.0. The second kappa shape index (κ2) is 7.08. The molecule has 0 aromatic carbocycles. The molecular formula is C14H25NS. The van der Waals surface area contributed by atoms with E-state index in [0.717, 1.165) is 12.3 Å². The van der Waals surface area contributed by atoms with Crippen LogP contribution in [0.15, 0.2) is 17.5 Å². The van der Waals surface area contributed by atoms with Gasteiger partial charge in [0.1, 0.15) is 0 Å². The van der Waals surface area contributed by atoms with Gasteiger partial charge in [0.05, 0.1) is 0 Å². The molecule has 16 heavy (non-hydrogen) atoms. The quantitative estimate of drug-likeness (QED) is 0.755. The van der Waals surface area contributed by atoms with Crippen molar-refractivity contribution in [2.75, 3.05) is 0 Å². The predicted octanol–water partition coefficient (Wildman–Crippen LogP) is 4.09. The molecule has 0 radical (unpaired) electrons. The maximum atomic E-state index is 3.69. The first-order valence-electron chi connectivity index (χ1n) is 6.40. The average Bonchev–Trinajstić information content (AvgIpc) is 2.69. The van der Waals surface area contributed by atoms with Gasteiger partial charge in [-0.2, -0.15) is 0 Å². The highest BCUT2D eigenvalue weighted by molar-refractivity contribution is 7.09. The minimum Gasteiger partial charge on any atom is -0.311 e. The summed E-state index contributed by atoms with van der Waals surface area (Å²) in [6, 6.07) is 5.57. The van der Waals surface area contributed by atoms with Crippen LogP contribution in [0.3, 0.4) is 0 Å². The average molecular weight is 239 g/mol. The molecule has 1 aromatic heterocycles. The summed E-state index contributed by atoms with van der Waals surface area (Å²) in [7, 11) is 0. The van der Waals surface area contributed by atoms with Gasteiger partial charge in [-0.05, 0) is 44.1 Å². The van der Waals surface area contributed by atoms with E-state index in [1.54, 1.807) is 0 Å². The summed E-state index contributed by atoms with van der Waals surface area (Å²) in [6.45, 7) is 9.19. The molecule has 92 valence electrons. The molecule has 0 aliphatic heterocycles. The van der Waals surface area contributed by atoms with Crippen LogP contribution in [0.25, 0.3) is 0 Å². The molecule has 0 saturated heterocycles. The number of hydrogen-bond acceptors (Lipinski definition) is 2. The topological polar surface area (TPSA) is 12.0 Å². The van der Waals surface area contributed by atoms with E-state index in [2.05, 4.69) is 50.5 Å².